The van der Waals surface area contributed by atoms with Crippen LogP contribution in [0.25, 0.3) is 0 Å². The molecule has 0 saturated carbocycles. The molecule has 1 fully saturated rings. The average molecular weight is 249 g/mol. The number of hydrogen-bond donors (Lipinski definition) is 1. The fraction of sp³-hybridized carbons (Fsp3) is 0.692. The number of nitrogen functional groups attached to an aromatic ring is 1. The zero-order valence-electron chi connectivity index (χ0n) is 11.8. The van der Waals surface area contributed by atoms with Crippen LogP contribution >= 0.6 is 0 Å². The van der Waals surface area contributed by atoms with E-state index in [1.807, 2.05) is 6.92 Å². The van der Waals surface area contributed by atoms with Crippen LogP contribution in [0.3, 0.4) is 0 Å². The molecule has 1 saturated heterocycles. The van der Waals surface area contributed by atoms with Gasteiger partial charge in [0.05, 0.1) is 0 Å². The standard InChI is InChI=1S/C13H23N5/c1-9(2)12-15-11(14)10(3)13(16-12)18-7-5-17(4)6-8-18/h9H,5-8H2,1-4H3,(H2,14,15,16). The first-order valence-corrected chi connectivity index (χ1v) is 6.56. The molecule has 2 N–H and O–H groups in total. The van der Waals surface area contributed by atoms with Crippen LogP contribution in [0.2, 0.25) is 0 Å². The molecule has 0 amide bonds. The molecular weight excluding hydrogens is 226 g/mol. The van der Waals surface area contributed by atoms with Crippen molar-refractivity contribution >= 4 is 11.6 Å². The maximum atomic E-state index is 6.01. The summed E-state index contributed by atoms with van der Waals surface area (Å²) in [5.41, 5.74) is 7.01. The maximum Gasteiger partial charge on any atom is 0.137 e. The smallest absolute Gasteiger partial charge is 0.137 e. The second-order valence-corrected chi connectivity index (χ2v) is 5.36. The first-order chi connectivity index (χ1) is 8.49. The summed E-state index contributed by atoms with van der Waals surface area (Å²) in [5, 5.41) is 0. The van der Waals surface area contributed by atoms with E-state index in [-0.39, 0.29) is 0 Å². The summed E-state index contributed by atoms with van der Waals surface area (Å²) < 4.78 is 0. The SMILES string of the molecule is Cc1c(N)nc(C(C)C)nc1N1CCN(C)CC1. The van der Waals surface area contributed by atoms with Crippen LogP contribution in [-0.2, 0) is 0 Å². The molecule has 0 radical (unpaired) electrons. The van der Waals surface area contributed by atoms with Gasteiger partial charge in [-0.2, -0.15) is 0 Å². The molecule has 18 heavy (non-hydrogen) atoms. The van der Waals surface area contributed by atoms with Gasteiger partial charge >= 0.3 is 0 Å². The van der Waals surface area contributed by atoms with Crippen molar-refractivity contribution in [2.45, 2.75) is 26.7 Å². The summed E-state index contributed by atoms with van der Waals surface area (Å²) >= 11 is 0. The predicted octanol–water partition coefficient (Wildman–Crippen LogP) is 1.24. The second kappa shape index (κ2) is 5.10. The molecule has 0 bridgehead atoms. The highest BCUT2D eigenvalue weighted by molar-refractivity contribution is 5.56. The zero-order valence-corrected chi connectivity index (χ0v) is 11.8. The van der Waals surface area contributed by atoms with Crippen LogP contribution in [0, 0.1) is 6.92 Å². The van der Waals surface area contributed by atoms with E-state index in [0.717, 1.165) is 43.4 Å². The van der Waals surface area contributed by atoms with Gasteiger partial charge in [-0.3, -0.25) is 0 Å². The van der Waals surface area contributed by atoms with Crippen molar-refractivity contribution in [2.24, 2.45) is 0 Å². The lowest BCUT2D eigenvalue weighted by Gasteiger charge is -2.34. The molecule has 0 spiro atoms. The monoisotopic (exact) mass is 249 g/mol. The molecule has 1 aliphatic rings. The van der Waals surface area contributed by atoms with Gasteiger partial charge in [0.2, 0.25) is 0 Å². The van der Waals surface area contributed by atoms with Crippen molar-refractivity contribution in [1.82, 2.24) is 14.9 Å². The molecule has 2 heterocycles. The van der Waals surface area contributed by atoms with Crippen LogP contribution in [0.4, 0.5) is 11.6 Å². The molecule has 0 unspecified atom stereocenters. The van der Waals surface area contributed by atoms with Crippen molar-refractivity contribution in [2.75, 3.05) is 43.9 Å². The van der Waals surface area contributed by atoms with E-state index in [1.165, 1.54) is 0 Å². The van der Waals surface area contributed by atoms with E-state index in [2.05, 4.69) is 35.7 Å². The largest absolute Gasteiger partial charge is 0.383 e. The number of nitrogens with zero attached hydrogens (tertiary/aromatic N) is 4. The second-order valence-electron chi connectivity index (χ2n) is 5.36. The lowest BCUT2D eigenvalue weighted by atomic mass is 10.2. The van der Waals surface area contributed by atoms with Crippen LogP contribution in [0.15, 0.2) is 0 Å². The highest BCUT2D eigenvalue weighted by Gasteiger charge is 2.20. The third kappa shape index (κ3) is 2.56. The molecule has 100 valence electrons. The van der Waals surface area contributed by atoms with Gasteiger partial charge in [0.1, 0.15) is 17.5 Å². The van der Waals surface area contributed by atoms with Gasteiger partial charge in [0.15, 0.2) is 0 Å². The van der Waals surface area contributed by atoms with E-state index in [0.29, 0.717) is 11.7 Å². The van der Waals surface area contributed by atoms with Gasteiger partial charge in [0.25, 0.3) is 0 Å². The lowest BCUT2D eigenvalue weighted by Crippen LogP contribution is -2.45. The Morgan fingerprint density at radius 3 is 2.28 bits per heavy atom. The molecular formula is C13H23N5. The van der Waals surface area contributed by atoms with Gasteiger partial charge in [-0.25, -0.2) is 9.97 Å². The normalized spacial score (nSPS) is 17.5. The van der Waals surface area contributed by atoms with Gasteiger partial charge in [-0.05, 0) is 14.0 Å². The first kappa shape index (κ1) is 13.1. The Hall–Kier alpha value is -1.36. The molecule has 0 aromatic carbocycles. The van der Waals surface area contributed by atoms with E-state index in [1.54, 1.807) is 0 Å². The fourth-order valence-corrected chi connectivity index (χ4v) is 2.12. The average Bonchev–Trinajstić information content (AvgIpc) is 2.33. The summed E-state index contributed by atoms with van der Waals surface area (Å²) in [6.07, 6.45) is 0. The molecule has 2 rings (SSSR count). The summed E-state index contributed by atoms with van der Waals surface area (Å²) in [7, 11) is 2.15. The van der Waals surface area contributed by atoms with Crippen molar-refractivity contribution < 1.29 is 0 Å². The minimum absolute atomic E-state index is 0.305. The van der Waals surface area contributed by atoms with Gasteiger partial charge in [0, 0.05) is 37.7 Å². The van der Waals surface area contributed by atoms with Crippen molar-refractivity contribution in [3.05, 3.63) is 11.4 Å². The Bertz CT molecular complexity index is 422. The Kier molecular flexibility index (Phi) is 3.71. The van der Waals surface area contributed by atoms with Crippen LogP contribution < -0.4 is 10.6 Å². The molecule has 1 aromatic heterocycles. The number of piperazine rings is 1. The van der Waals surface area contributed by atoms with Crippen LogP contribution in [0.1, 0.15) is 31.2 Å². The van der Waals surface area contributed by atoms with Crippen molar-refractivity contribution in [3.63, 3.8) is 0 Å². The van der Waals surface area contributed by atoms with E-state index in [4.69, 9.17) is 10.7 Å². The van der Waals surface area contributed by atoms with Crippen molar-refractivity contribution in [3.8, 4) is 0 Å². The molecule has 1 aromatic rings. The van der Waals surface area contributed by atoms with E-state index in [9.17, 15) is 0 Å². The number of anilines is 2. The number of hydrogen-bond acceptors (Lipinski definition) is 5. The Balaban J connectivity index is 2.31. The summed E-state index contributed by atoms with van der Waals surface area (Å²) in [6.45, 7) is 10.3. The zero-order chi connectivity index (χ0) is 13.3. The summed E-state index contributed by atoms with van der Waals surface area (Å²) in [5.74, 6) is 2.77. The van der Waals surface area contributed by atoms with Gasteiger partial charge in [-0.15, -0.1) is 0 Å². The molecule has 1 aliphatic heterocycles. The van der Waals surface area contributed by atoms with Crippen molar-refractivity contribution in [1.29, 1.82) is 0 Å². The first-order valence-electron chi connectivity index (χ1n) is 6.56. The third-order valence-corrected chi connectivity index (χ3v) is 3.49. The number of nitrogens with two attached hydrogens (primary N) is 1. The number of aromatic nitrogens is 2. The molecule has 5 nitrogen and oxygen atoms in total. The minimum Gasteiger partial charge on any atom is -0.383 e. The minimum atomic E-state index is 0.305. The Morgan fingerprint density at radius 1 is 1.11 bits per heavy atom. The summed E-state index contributed by atoms with van der Waals surface area (Å²) in [6, 6.07) is 0. The third-order valence-electron chi connectivity index (χ3n) is 3.49. The highest BCUT2D eigenvalue weighted by Crippen LogP contribution is 2.24. The Labute approximate surface area is 109 Å². The van der Waals surface area contributed by atoms with Crippen LogP contribution in [0.5, 0.6) is 0 Å². The Morgan fingerprint density at radius 2 is 1.72 bits per heavy atom. The highest BCUT2D eigenvalue weighted by atomic mass is 15.3. The fourth-order valence-electron chi connectivity index (χ4n) is 2.12. The lowest BCUT2D eigenvalue weighted by molar-refractivity contribution is 0.311. The molecule has 0 aliphatic carbocycles. The van der Waals surface area contributed by atoms with E-state index < -0.39 is 0 Å². The number of rotatable bonds is 2. The van der Waals surface area contributed by atoms with Crippen LogP contribution in [-0.4, -0.2) is 48.1 Å². The quantitative estimate of drug-likeness (QED) is 0.854. The maximum absolute atomic E-state index is 6.01. The predicted molar refractivity (Wildman–Crippen MR) is 75.0 cm³/mol. The van der Waals surface area contributed by atoms with E-state index >= 15 is 0 Å². The topological polar surface area (TPSA) is 58.3 Å². The number of likely N-dealkylation sites (N-methyl/N-ethyl adjacent to an activating group) is 1. The van der Waals surface area contributed by atoms with Gasteiger partial charge in [-0.1, -0.05) is 13.8 Å². The summed E-state index contributed by atoms with van der Waals surface area (Å²) in [4.78, 5) is 13.7. The molecule has 0 atom stereocenters. The van der Waals surface area contributed by atoms with Gasteiger partial charge < -0.3 is 15.5 Å². The molecule has 5 heteroatoms.